The van der Waals surface area contributed by atoms with Crippen molar-refractivity contribution in [1.29, 1.82) is 0 Å². The molecular formula is C13H22N2O2S. The molecule has 0 saturated heterocycles. The molecule has 1 aromatic rings. The first-order chi connectivity index (χ1) is 8.36. The average molecular weight is 270 g/mol. The third-order valence-electron chi connectivity index (χ3n) is 3.12. The van der Waals surface area contributed by atoms with Gasteiger partial charge in [0.1, 0.15) is 0 Å². The monoisotopic (exact) mass is 270 g/mol. The van der Waals surface area contributed by atoms with E-state index in [9.17, 15) is 8.42 Å². The molecule has 0 amide bonds. The topological polar surface area (TPSA) is 72.2 Å². The summed E-state index contributed by atoms with van der Waals surface area (Å²) in [5.74, 6) is 0. The minimum absolute atomic E-state index is 0.0486. The molecule has 0 heterocycles. The predicted octanol–water partition coefficient (Wildman–Crippen LogP) is 1.71. The molecule has 0 aliphatic heterocycles. The van der Waals surface area contributed by atoms with Crippen molar-refractivity contribution in [3.05, 3.63) is 29.3 Å². The standard InChI is InChI=1S/C13H22N2O2S/c1-4-12(14)7-8-15-18(16,17)13-6-5-10(2)11(3)9-13/h5-6,9,12,15H,4,7-8,14H2,1-3H3. The Balaban J connectivity index is 2.71. The maximum atomic E-state index is 12.0. The zero-order chi connectivity index (χ0) is 13.8. The van der Waals surface area contributed by atoms with Gasteiger partial charge in [-0.05, 0) is 49.9 Å². The third kappa shape index (κ3) is 4.08. The first-order valence-electron chi connectivity index (χ1n) is 6.19. The zero-order valence-corrected chi connectivity index (χ0v) is 12.0. The summed E-state index contributed by atoms with van der Waals surface area (Å²) < 4.78 is 26.6. The van der Waals surface area contributed by atoms with Gasteiger partial charge in [-0.2, -0.15) is 0 Å². The summed E-state index contributed by atoms with van der Waals surface area (Å²) in [5.41, 5.74) is 7.81. The zero-order valence-electron chi connectivity index (χ0n) is 11.2. The summed E-state index contributed by atoms with van der Waals surface area (Å²) in [7, 11) is -3.41. The molecule has 5 heteroatoms. The Labute approximate surface area is 110 Å². The van der Waals surface area contributed by atoms with Crippen LogP contribution in [0.5, 0.6) is 0 Å². The number of aryl methyl sites for hydroxylation is 2. The maximum Gasteiger partial charge on any atom is 0.240 e. The molecule has 1 unspecified atom stereocenters. The van der Waals surface area contributed by atoms with Gasteiger partial charge in [-0.1, -0.05) is 13.0 Å². The molecule has 0 radical (unpaired) electrons. The largest absolute Gasteiger partial charge is 0.328 e. The molecule has 0 aliphatic carbocycles. The van der Waals surface area contributed by atoms with Crippen LogP contribution in [0.25, 0.3) is 0 Å². The molecule has 0 saturated carbocycles. The summed E-state index contributed by atoms with van der Waals surface area (Å²) >= 11 is 0. The summed E-state index contributed by atoms with van der Waals surface area (Å²) in [6, 6.07) is 5.19. The van der Waals surface area contributed by atoms with E-state index in [1.54, 1.807) is 12.1 Å². The Bertz CT molecular complexity index is 498. The normalized spacial score (nSPS) is 13.6. The van der Waals surface area contributed by atoms with Crippen LogP contribution in [0.1, 0.15) is 30.9 Å². The van der Waals surface area contributed by atoms with Gasteiger partial charge < -0.3 is 5.73 Å². The van der Waals surface area contributed by atoms with Gasteiger partial charge in [-0.15, -0.1) is 0 Å². The molecule has 0 fully saturated rings. The molecule has 102 valence electrons. The van der Waals surface area contributed by atoms with Crippen molar-refractivity contribution in [1.82, 2.24) is 4.72 Å². The molecule has 1 atom stereocenters. The fraction of sp³-hybridized carbons (Fsp3) is 0.538. The number of rotatable bonds is 6. The highest BCUT2D eigenvalue weighted by Crippen LogP contribution is 2.14. The lowest BCUT2D eigenvalue weighted by Crippen LogP contribution is -2.30. The van der Waals surface area contributed by atoms with Gasteiger partial charge in [0.2, 0.25) is 10.0 Å². The van der Waals surface area contributed by atoms with Crippen LogP contribution in [0.4, 0.5) is 0 Å². The highest BCUT2D eigenvalue weighted by molar-refractivity contribution is 7.89. The van der Waals surface area contributed by atoms with Gasteiger partial charge in [0.05, 0.1) is 4.90 Å². The number of nitrogens with two attached hydrogens (primary N) is 1. The van der Waals surface area contributed by atoms with Crippen LogP contribution in [0.15, 0.2) is 23.1 Å². The van der Waals surface area contributed by atoms with E-state index in [-0.39, 0.29) is 6.04 Å². The van der Waals surface area contributed by atoms with E-state index < -0.39 is 10.0 Å². The fourth-order valence-electron chi connectivity index (χ4n) is 1.55. The summed E-state index contributed by atoms with van der Waals surface area (Å²) in [4.78, 5) is 0.315. The molecule has 0 spiro atoms. The van der Waals surface area contributed by atoms with Crippen molar-refractivity contribution < 1.29 is 8.42 Å². The van der Waals surface area contributed by atoms with Crippen molar-refractivity contribution >= 4 is 10.0 Å². The second kappa shape index (κ2) is 6.31. The van der Waals surface area contributed by atoms with E-state index in [2.05, 4.69) is 4.72 Å². The van der Waals surface area contributed by atoms with Crippen LogP contribution in [0.2, 0.25) is 0 Å². The number of hydrogen-bond donors (Lipinski definition) is 2. The molecule has 3 N–H and O–H groups in total. The molecule has 1 aromatic carbocycles. The second-order valence-corrected chi connectivity index (χ2v) is 6.37. The van der Waals surface area contributed by atoms with Gasteiger partial charge >= 0.3 is 0 Å². The summed E-state index contributed by atoms with van der Waals surface area (Å²) in [6.07, 6.45) is 1.51. The number of benzene rings is 1. The van der Waals surface area contributed by atoms with Crippen LogP contribution in [-0.4, -0.2) is 21.0 Å². The quantitative estimate of drug-likeness (QED) is 0.826. The van der Waals surface area contributed by atoms with Gasteiger partial charge in [0.15, 0.2) is 0 Å². The molecule has 1 rings (SSSR count). The Kier molecular flexibility index (Phi) is 5.31. The van der Waals surface area contributed by atoms with Crippen molar-refractivity contribution in [3.63, 3.8) is 0 Å². The Morgan fingerprint density at radius 3 is 2.50 bits per heavy atom. The van der Waals surface area contributed by atoms with Gasteiger partial charge in [0, 0.05) is 12.6 Å². The van der Waals surface area contributed by atoms with Crippen molar-refractivity contribution in [3.8, 4) is 0 Å². The highest BCUT2D eigenvalue weighted by Gasteiger charge is 2.14. The maximum absolute atomic E-state index is 12.0. The summed E-state index contributed by atoms with van der Waals surface area (Å²) in [6.45, 7) is 6.23. The first kappa shape index (κ1) is 15.1. The van der Waals surface area contributed by atoms with Crippen molar-refractivity contribution in [2.45, 2.75) is 44.6 Å². The van der Waals surface area contributed by atoms with Gasteiger partial charge in [0.25, 0.3) is 0 Å². The van der Waals surface area contributed by atoms with E-state index in [1.807, 2.05) is 26.8 Å². The Hall–Kier alpha value is -0.910. The molecule has 0 aromatic heterocycles. The van der Waals surface area contributed by atoms with E-state index in [1.165, 1.54) is 0 Å². The number of hydrogen-bond acceptors (Lipinski definition) is 3. The smallest absolute Gasteiger partial charge is 0.240 e. The van der Waals surface area contributed by atoms with Crippen LogP contribution >= 0.6 is 0 Å². The van der Waals surface area contributed by atoms with Crippen LogP contribution in [-0.2, 0) is 10.0 Å². The predicted molar refractivity (Wildman–Crippen MR) is 74.0 cm³/mol. The number of sulfonamides is 1. The Morgan fingerprint density at radius 1 is 1.28 bits per heavy atom. The average Bonchev–Trinajstić information content (AvgIpc) is 2.32. The fourth-order valence-corrected chi connectivity index (χ4v) is 2.68. The van der Waals surface area contributed by atoms with Crippen LogP contribution in [0.3, 0.4) is 0 Å². The van der Waals surface area contributed by atoms with Crippen LogP contribution in [0, 0.1) is 13.8 Å². The number of nitrogens with one attached hydrogen (secondary N) is 1. The van der Waals surface area contributed by atoms with Crippen molar-refractivity contribution in [2.24, 2.45) is 5.73 Å². The third-order valence-corrected chi connectivity index (χ3v) is 4.58. The highest BCUT2D eigenvalue weighted by atomic mass is 32.2. The first-order valence-corrected chi connectivity index (χ1v) is 7.67. The van der Waals surface area contributed by atoms with Gasteiger partial charge in [-0.3, -0.25) is 0 Å². The van der Waals surface area contributed by atoms with E-state index in [4.69, 9.17) is 5.73 Å². The second-order valence-electron chi connectivity index (χ2n) is 4.60. The lowest BCUT2D eigenvalue weighted by Gasteiger charge is -2.11. The lowest BCUT2D eigenvalue weighted by molar-refractivity contribution is 0.558. The Morgan fingerprint density at radius 2 is 1.94 bits per heavy atom. The molecule has 4 nitrogen and oxygen atoms in total. The molecular weight excluding hydrogens is 248 g/mol. The lowest BCUT2D eigenvalue weighted by atomic mass is 10.1. The molecule has 0 bridgehead atoms. The minimum atomic E-state index is -3.41. The molecule has 18 heavy (non-hydrogen) atoms. The van der Waals surface area contributed by atoms with E-state index >= 15 is 0 Å². The SMILES string of the molecule is CCC(N)CCNS(=O)(=O)c1ccc(C)c(C)c1. The van der Waals surface area contributed by atoms with Gasteiger partial charge in [-0.25, -0.2) is 13.1 Å². The van der Waals surface area contributed by atoms with Crippen LogP contribution < -0.4 is 10.5 Å². The molecule has 0 aliphatic rings. The summed E-state index contributed by atoms with van der Waals surface area (Å²) in [5, 5.41) is 0. The van der Waals surface area contributed by atoms with E-state index in [0.29, 0.717) is 17.9 Å². The minimum Gasteiger partial charge on any atom is -0.328 e. The van der Waals surface area contributed by atoms with Crippen molar-refractivity contribution in [2.75, 3.05) is 6.54 Å². The van der Waals surface area contributed by atoms with E-state index in [0.717, 1.165) is 17.5 Å².